The molecule has 1 rings (SSSR count). The molecular weight excluding hydrogens is 230 g/mol. The molecule has 0 unspecified atom stereocenters. The first-order valence-corrected chi connectivity index (χ1v) is 6.32. The Morgan fingerprint density at radius 3 is 2.28 bits per heavy atom. The van der Waals surface area contributed by atoms with Crippen molar-refractivity contribution < 1.29 is 14.9 Å². The lowest BCUT2D eigenvalue weighted by atomic mass is 9.93. The second-order valence-electron chi connectivity index (χ2n) is 4.85. The van der Waals surface area contributed by atoms with Gasteiger partial charge in [-0.2, -0.15) is 0 Å². The van der Waals surface area contributed by atoms with E-state index in [0.29, 0.717) is 6.54 Å². The van der Waals surface area contributed by atoms with E-state index in [-0.39, 0.29) is 13.2 Å². The smallest absolute Gasteiger partial charge is 0.119 e. The third-order valence-corrected chi connectivity index (χ3v) is 2.81. The van der Waals surface area contributed by atoms with Crippen LogP contribution in [0.5, 0.6) is 5.75 Å². The van der Waals surface area contributed by atoms with Crippen LogP contribution in [0.3, 0.4) is 0 Å². The SMILES string of the molecule is CCCOc1ccc(NCC(C)(CO)CO)cc1. The molecule has 0 bridgehead atoms. The van der Waals surface area contributed by atoms with Gasteiger partial charge in [0, 0.05) is 17.6 Å². The molecule has 0 aromatic heterocycles. The minimum Gasteiger partial charge on any atom is -0.494 e. The molecule has 1 aromatic rings. The van der Waals surface area contributed by atoms with Gasteiger partial charge in [-0.05, 0) is 30.7 Å². The van der Waals surface area contributed by atoms with Gasteiger partial charge in [0.15, 0.2) is 0 Å². The molecule has 1 aromatic carbocycles. The average molecular weight is 253 g/mol. The molecule has 0 saturated carbocycles. The van der Waals surface area contributed by atoms with Gasteiger partial charge in [-0.25, -0.2) is 0 Å². The largest absolute Gasteiger partial charge is 0.494 e. The summed E-state index contributed by atoms with van der Waals surface area (Å²) in [6.07, 6.45) is 0.991. The van der Waals surface area contributed by atoms with Crippen LogP contribution >= 0.6 is 0 Å². The van der Waals surface area contributed by atoms with Crippen molar-refractivity contribution >= 4 is 5.69 Å². The fourth-order valence-corrected chi connectivity index (χ4v) is 1.37. The summed E-state index contributed by atoms with van der Waals surface area (Å²) in [5, 5.41) is 21.6. The fraction of sp³-hybridized carbons (Fsp3) is 0.571. The van der Waals surface area contributed by atoms with Crippen LogP contribution in [0.2, 0.25) is 0 Å². The highest BCUT2D eigenvalue weighted by molar-refractivity contribution is 5.46. The first kappa shape index (κ1) is 14.8. The second kappa shape index (κ2) is 7.24. The minimum absolute atomic E-state index is 0.0474. The predicted molar refractivity (Wildman–Crippen MR) is 73.0 cm³/mol. The quantitative estimate of drug-likeness (QED) is 0.662. The lowest BCUT2D eigenvalue weighted by molar-refractivity contribution is 0.0806. The molecule has 0 amide bonds. The lowest BCUT2D eigenvalue weighted by Crippen LogP contribution is -2.33. The molecule has 0 aliphatic carbocycles. The Hall–Kier alpha value is -1.26. The zero-order valence-corrected chi connectivity index (χ0v) is 11.1. The normalized spacial score (nSPS) is 11.3. The molecule has 4 nitrogen and oxygen atoms in total. The van der Waals surface area contributed by atoms with Crippen LogP contribution in [0.4, 0.5) is 5.69 Å². The van der Waals surface area contributed by atoms with Crippen molar-refractivity contribution in [2.24, 2.45) is 5.41 Å². The summed E-state index contributed by atoms with van der Waals surface area (Å²) in [7, 11) is 0. The highest BCUT2D eigenvalue weighted by Crippen LogP contribution is 2.19. The number of nitrogens with one attached hydrogen (secondary N) is 1. The van der Waals surface area contributed by atoms with Crippen molar-refractivity contribution in [2.75, 3.05) is 31.7 Å². The van der Waals surface area contributed by atoms with E-state index in [9.17, 15) is 10.2 Å². The van der Waals surface area contributed by atoms with E-state index in [1.807, 2.05) is 31.2 Å². The number of aliphatic hydroxyl groups excluding tert-OH is 2. The number of rotatable bonds is 8. The van der Waals surface area contributed by atoms with Gasteiger partial charge in [0.1, 0.15) is 5.75 Å². The summed E-state index contributed by atoms with van der Waals surface area (Å²) in [5.74, 6) is 0.856. The highest BCUT2D eigenvalue weighted by Gasteiger charge is 2.21. The van der Waals surface area contributed by atoms with Gasteiger partial charge in [-0.1, -0.05) is 13.8 Å². The number of aliphatic hydroxyl groups is 2. The summed E-state index contributed by atoms with van der Waals surface area (Å²) in [6, 6.07) is 7.68. The topological polar surface area (TPSA) is 61.7 Å². The van der Waals surface area contributed by atoms with Crippen LogP contribution in [0.15, 0.2) is 24.3 Å². The van der Waals surface area contributed by atoms with Gasteiger partial charge in [0.2, 0.25) is 0 Å². The summed E-state index contributed by atoms with van der Waals surface area (Å²) in [4.78, 5) is 0. The first-order valence-electron chi connectivity index (χ1n) is 6.32. The molecule has 0 atom stereocenters. The third kappa shape index (κ3) is 4.55. The minimum atomic E-state index is -0.503. The Morgan fingerprint density at radius 2 is 1.78 bits per heavy atom. The van der Waals surface area contributed by atoms with Crippen molar-refractivity contribution in [1.82, 2.24) is 0 Å². The lowest BCUT2D eigenvalue weighted by Gasteiger charge is -2.25. The molecule has 102 valence electrons. The number of benzene rings is 1. The first-order chi connectivity index (χ1) is 8.63. The van der Waals surface area contributed by atoms with E-state index in [1.54, 1.807) is 0 Å². The number of anilines is 1. The average Bonchev–Trinajstić information content (AvgIpc) is 2.43. The van der Waals surface area contributed by atoms with E-state index in [4.69, 9.17) is 4.74 Å². The molecule has 3 N–H and O–H groups in total. The summed E-state index contributed by atoms with van der Waals surface area (Å²) in [6.45, 7) is 5.05. The van der Waals surface area contributed by atoms with Crippen molar-refractivity contribution in [3.8, 4) is 5.75 Å². The Labute approximate surface area is 109 Å². The van der Waals surface area contributed by atoms with Gasteiger partial charge in [-0.15, -0.1) is 0 Å². The van der Waals surface area contributed by atoms with Crippen LogP contribution in [-0.4, -0.2) is 36.6 Å². The van der Waals surface area contributed by atoms with Crippen molar-refractivity contribution in [3.63, 3.8) is 0 Å². The number of hydrogen-bond acceptors (Lipinski definition) is 4. The van der Waals surface area contributed by atoms with Gasteiger partial charge in [0.25, 0.3) is 0 Å². The monoisotopic (exact) mass is 253 g/mol. The van der Waals surface area contributed by atoms with Crippen molar-refractivity contribution in [1.29, 1.82) is 0 Å². The zero-order valence-electron chi connectivity index (χ0n) is 11.1. The molecule has 4 heteroatoms. The van der Waals surface area contributed by atoms with Crippen LogP contribution in [0.25, 0.3) is 0 Å². The van der Waals surface area contributed by atoms with E-state index in [1.165, 1.54) is 0 Å². The van der Waals surface area contributed by atoms with Crippen LogP contribution < -0.4 is 10.1 Å². The third-order valence-electron chi connectivity index (χ3n) is 2.81. The van der Waals surface area contributed by atoms with E-state index in [0.717, 1.165) is 24.5 Å². The Balaban J connectivity index is 2.48. The van der Waals surface area contributed by atoms with Gasteiger partial charge in [0.05, 0.1) is 19.8 Å². The molecule has 0 aliphatic rings. The molecule has 0 saturated heterocycles. The van der Waals surface area contributed by atoms with E-state index >= 15 is 0 Å². The van der Waals surface area contributed by atoms with Crippen LogP contribution in [0.1, 0.15) is 20.3 Å². The Morgan fingerprint density at radius 1 is 1.17 bits per heavy atom. The van der Waals surface area contributed by atoms with E-state index in [2.05, 4.69) is 12.2 Å². The van der Waals surface area contributed by atoms with Crippen LogP contribution in [-0.2, 0) is 0 Å². The molecule has 18 heavy (non-hydrogen) atoms. The zero-order chi connectivity index (χ0) is 13.4. The van der Waals surface area contributed by atoms with Gasteiger partial charge >= 0.3 is 0 Å². The summed E-state index contributed by atoms with van der Waals surface area (Å²) < 4.78 is 5.49. The van der Waals surface area contributed by atoms with Crippen molar-refractivity contribution in [2.45, 2.75) is 20.3 Å². The maximum absolute atomic E-state index is 9.18. The van der Waals surface area contributed by atoms with Crippen molar-refractivity contribution in [3.05, 3.63) is 24.3 Å². The maximum Gasteiger partial charge on any atom is 0.119 e. The molecule has 0 spiro atoms. The Kier molecular flexibility index (Phi) is 5.95. The fourth-order valence-electron chi connectivity index (χ4n) is 1.37. The maximum atomic E-state index is 9.18. The van der Waals surface area contributed by atoms with E-state index < -0.39 is 5.41 Å². The van der Waals surface area contributed by atoms with Gasteiger partial charge < -0.3 is 20.3 Å². The molecule has 0 radical (unpaired) electrons. The summed E-state index contributed by atoms with van der Waals surface area (Å²) >= 11 is 0. The van der Waals surface area contributed by atoms with Crippen LogP contribution in [0, 0.1) is 5.41 Å². The highest BCUT2D eigenvalue weighted by atomic mass is 16.5. The molecule has 0 fully saturated rings. The standard InChI is InChI=1S/C14H23NO3/c1-3-8-18-13-6-4-12(5-7-13)15-9-14(2,10-16)11-17/h4-7,15-17H,3,8-11H2,1-2H3. The van der Waals surface area contributed by atoms with Gasteiger partial charge in [-0.3, -0.25) is 0 Å². The number of hydrogen-bond donors (Lipinski definition) is 3. The Bertz CT molecular complexity index is 333. The second-order valence-corrected chi connectivity index (χ2v) is 4.85. The predicted octanol–water partition coefficient (Wildman–Crippen LogP) is 1.88. The molecule has 0 aliphatic heterocycles. The molecule has 0 heterocycles. The summed E-state index contributed by atoms with van der Waals surface area (Å²) in [5.41, 5.74) is 0.448. The number of ether oxygens (including phenoxy) is 1. The molecular formula is C14H23NO3.